The van der Waals surface area contributed by atoms with Crippen molar-refractivity contribution in [1.82, 2.24) is 8.51 Å². The summed E-state index contributed by atoms with van der Waals surface area (Å²) in [7, 11) is 0. The molecular weight excluding hydrogens is 543 g/mol. The van der Waals surface area contributed by atoms with Gasteiger partial charge in [0.1, 0.15) is 5.82 Å². The Morgan fingerprint density at radius 2 is 1.88 bits per heavy atom. The van der Waals surface area contributed by atoms with Gasteiger partial charge in [-0.25, -0.2) is 4.98 Å². The third-order valence-electron chi connectivity index (χ3n) is 6.02. The molecule has 1 fully saturated rings. The maximum atomic E-state index is 12.1. The first kappa shape index (κ1) is 27.8. The Kier molecular flexibility index (Phi) is 11.5. The first-order valence-corrected chi connectivity index (χ1v) is 12.8. The summed E-state index contributed by atoms with van der Waals surface area (Å²) >= 11 is 1.73. The molecule has 0 radical (unpaired) electrons. The van der Waals surface area contributed by atoms with E-state index in [9.17, 15) is 9.59 Å². The van der Waals surface area contributed by atoms with Crippen LogP contribution in [-0.4, -0.2) is 23.2 Å². The highest BCUT2D eigenvalue weighted by molar-refractivity contribution is 14.1. The zero-order chi connectivity index (χ0) is 25.1. The monoisotopic (exact) mass is 578 g/mol. The first-order chi connectivity index (χ1) is 16.3. The summed E-state index contributed by atoms with van der Waals surface area (Å²) in [6.45, 7) is 6.08. The number of nitrogens with one attached hydrogen (secondary N) is 2. The van der Waals surface area contributed by atoms with Gasteiger partial charge in [0.15, 0.2) is 0 Å². The normalized spacial score (nSPS) is 13.2. The highest BCUT2D eigenvalue weighted by atomic mass is 127. The number of pyridine rings is 1. The highest BCUT2D eigenvalue weighted by Gasteiger charge is 2.20. The van der Waals surface area contributed by atoms with Crippen molar-refractivity contribution in [3.63, 3.8) is 0 Å². The molecule has 4 N–H and O–H groups in total. The standard InChI is InChI=1S/C25H33N3O2.CH2INO/c1-16(2)14-23(29)28-22-13-10-19(15-27-22)24-17(3)8-11-21(25(26)30)20(24)12-9-18-6-4-5-7-18;2-3-1-4/h8,10-11,13,15-16,18H,4-7,9,12,14H2,1-3H3,(H2,26,30)(H,27,28,29);1H,(H,3,4). The van der Waals surface area contributed by atoms with E-state index >= 15 is 0 Å². The number of carbonyl (C=O) groups excluding carboxylic acids is 3. The second-order valence-electron chi connectivity index (χ2n) is 9.14. The second-order valence-corrected chi connectivity index (χ2v) is 9.77. The van der Waals surface area contributed by atoms with Crippen LogP contribution in [0.3, 0.4) is 0 Å². The third-order valence-corrected chi connectivity index (χ3v) is 6.28. The molecule has 34 heavy (non-hydrogen) atoms. The second kappa shape index (κ2) is 14.0. The lowest BCUT2D eigenvalue weighted by Crippen LogP contribution is -2.16. The number of anilines is 1. The molecule has 0 spiro atoms. The molecule has 0 saturated heterocycles. The molecule has 2 aromatic rings. The van der Waals surface area contributed by atoms with Crippen LogP contribution >= 0.6 is 22.9 Å². The number of amides is 3. The zero-order valence-corrected chi connectivity index (χ0v) is 22.4. The molecule has 0 unspecified atom stereocenters. The molecule has 8 heteroatoms. The van der Waals surface area contributed by atoms with Crippen molar-refractivity contribution in [1.29, 1.82) is 0 Å². The maximum Gasteiger partial charge on any atom is 0.248 e. The molecular formula is C26H35IN4O3. The fourth-order valence-electron chi connectivity index (χ4n) is 4.49. The van der Waals surface area contributed by atoms with Gasteiger partial charge in [-0.1, -0.05) is 45.6 Å². The van der Waals surface area contributed by atoms with E-state index in [4.69, 9.17) is 10.5 Å². The summed E-state index contributed by atoms with van der Waals surface area (Å²) in [5, 5.41) is 2.85. The number of carbonyl (C=O) groups is 3. The maximum absolute atomic E-state index is 12.1. The van der Waals surface area contributed by atoms with Crippen molar-refractivity contribution >= 4 is 46.9 Å². The van der Waals surface area contributed by atoms with Gasteiger partial charge in [0, 0.05) is 23.7 Å². The number of rotatable bonds is 9. The Hall–Kier alpha value is -2.49. The van der Waals surface area contributed by atoms with Crippen molar-refractivity contribution < 1.29 is 14.4 Å². The number of nitrogens with zero attached hydrogens (tertiary/aromatic N) is 1. The third kappa shape index (κ3) is 8.38. The molecule has 1 saturated carbocycles. The summed E-state index contributed by atoms with van der Waals surface area (Å²) in [5.74, 6) is 1.15. The molecule has 1 aromatic heterocycles. The number of benzene rings is 1. The van der Waals surface area contributed by atoms with Crippen molar-refractivity contribution in [2.24, 2.45) is 17.6 Å². The van der Waals surface area contributed by atoms with Crippen LogP contribution in [0.2, 0.25) is 0 Å². The van der Waals surface area contributed by atoms with Gasteiger partial charge in [0.25, 0.3) is 0 Å². The lowest BCUT2D eigenvalue weighted by atomic mass is 9.87. The van der Waals surface area contributed by atoms with E-state index in [0.717, 1.165) is 41.0 Å². The minimum Gasteiger partial charge on any atom is -0.366 e. The van der Waals surface area contributed by atoms with Gasteiger partial charge in [0.2, 0.25) is 18.2 Å². The smallest absolute Gasteiger partial charge is 0.248 e. The number of hydrogen-bond donors (Lipinski definition) is 3. The predicted octanol–water partition coefficient (Wildman–Crippen LogP) is 5.35. The van der Waals surface area contributed by atoms with E-state index in [2.05, 4.69) is 20.8 Å². The first-order valence-electron chi connectivity index (χ1n) is 11.7. The molecule has 7 nitrogen and oxygen atoms in total. The topological polar surface area (TPSA) is 114 Å². The van der Waals surface area contributed by atoms with Gasteiger partial charge in [-0.3, -0.25) is 14.4 Å². The highest BCUT2D eigenvalue weighted by Crippen LogP contribution is 2.34. The summed E-state index contributed by atoms with van der Waals surface area (Å²) in [6, 6.07) is 7.58. The van der Waals surface area contributed by atoms with Gasteiger partial charge < -0.3 is 14.6 Å². The van der Waals surface area contributed by atoms with Gasteiger partial charge in [0.05, 0.1) is 22.9 Å². The minimum absolute atomic E-state index is 0.0330. The quantitative estimate of drug-likeness (QED) is 0.212. The summed E-state index contributed by atoms with van der Waals surface area (Å²) in [6.07, 6.45) is 9.94. The number of halogens is 1. The van der Waals surface area contributed by atoms with Gasteiger partial charge in [-0.15, -0.1) is 0 Å². The van der Waals surface area contributed by atoms with Crippen LogP contribution in [0, 0.1) is 18.8 Å². The lowest BCUT2D eigenvalue weighted by molar-refractivity contribution is -0.116. The number of hydrogen-bond acceptors (Lipinski definition) is 4. The molecule has 1 aliphatic rings. The Bertz CT molecular complexity index is 971. The van der Waals surface area contributed by atoms with Crippen LogP contribution < -0.4 is 14.6 Å². The van der Waals surface area contributed by atoms with E-state index < -0.39 is 0 Å². The fraction of sp³-hybridized carbons (Fsp3) is 0.462. The SMILES string of the molecule is Cc1ccc(C(N)=O)c(CCC2CCCC2)c1-c1ccc(NC(=O)CC(C)C)nc1.O=CNI. The van der Waals surface area contributed by atoms with E-state index in [1.165, 1.54) is 25.7 Å². The van der Waals surface area contributed by atoms with Crippen molar-refractivity contribution in [3.05, 3.63) is 47.2 Å². The number of primary amides is 1. The number of nitrogens with two attached hydrogens (primary N) is 1. The molecule has 184 valence electrons. The summed E-state index contributed by atoms with van der Waals surface area (Å²) < 4.78 is 2.22. The Morgan fingerprint density at radius 1 is 1.21 bits per heavy atom. The Balaban J connectivity index is 0.000000945. The van der Waals surface area contributed by atoms with Gasteiger partial charge >= 0.3 is 0 Å². The number of aromatic nitrogens is 1. The summed E-state index contributed by atoms with van der Waals surface area (Å²) in [5.41, 5.74) is 10.4. The lowest BCUT2D eigenvalue weighted by Gasteiger charge is -2.18. The zero-order valence-electron chi connectivity index (χ0n) is 20.2. The molecule has 0 aliphatic heterocycles. The molecule has 1 aliphatic carbocycles. The van der Waals surface area contributed by atoms with E-state index in [1.54, 1.807) is 29.1 Å². The van der Waals surface area contributed by atoms with Crippen molar-refractivity contribution in [2.75, 3.05) is 5.32 Å². The van der Waals surface area contributed by atoms with Gasteiger partial charge in [-0.2, -0.15) is 0 Å². The molecule has 1 aromatic carbocycles. The van der Waals surface area contributed by atoms with E-state index in [0.29, 0.717) is 30.1 Å². The van der Waals surface area contributed by atoms with Gasteiger partial charge in [-0.05, 0) is 66.5 Å². The predicted molar refractivity (Wildman–Crippen MR) is 145 cm³/mol. The van der Waals surface area contributed by atoms with E-state index in [-0.39, 0.29) is 11.8 Å². The van der Waals surface area contributed by atoms with Crippen LogP contribution in [0.1, 0.15) is 73.9 Å². The van der Waals surface area contributed by atoms with Crippen LogP contribution in [0.5, 0.6) is 0 Å². The largest absolute Gasteiger partial charge is 0.366 e. The summed E-state index contributed by atoms with van der Waals surface area (Å²) in [4.78, 5) is 37.7. The van der Waals surface area contributed by atoms with E-state index in [1.807, 2.05) is 38.1 Å². The van der Waals surface area contributed by atoms with Crippen LogP contribution in [0.4, 0.5) is 5.82 Å². The van der Waals surface area contributed by atoms with Crippen molar-refractivity contribution in [3.8, 4) is 11.1 Å². The van der Waals surface area contributed by atoms with Crippen LogP contribution in [0.25, 0.3) is 11.1 Å². The Labute approximate surface area is 216 Å². The number of aryl methyl sites for hydroxylation is 1. The Morgan fingerprint density at radius 3 is 2.41 bits per heavy atom. The van der Waals surface area contributed by atoms with Crippen molar-refractivity contribution in [2.45, 2.75) is 65.7 Å². The molecule has 3 amide bonds. The average Bonchev–Trinajstić information content (AvgIpc) is 3.31. The van der Waals surface area contributed by atoms with Crippen LogP contribution in [-0.2, 0) is 16.0 Å². The molecule has 3 rings (SSSR count). The molecule has 0 atom stereocenters. The minimum atomic E-state index is -0.386. The van der Waals surface area contributed by atoms with Crippen LogP contribution in [0.15, 0.2) is 30.5 Å². The molecule has 1 heterocycles. The average molecular weight is 578 g/mol. The molecule has 0 bridgehead atoms. The fourth-order valence-corrected chi connectivity index (χ4v) is 4.49.